The standard InChI is InChI=1S/C45H29N3S.C42H23N3OS.C42H23N3S2/c1-45(2)36-17-9-7-16-34(36)41-43(45)46-40(29-20-21-32-31-15-8-10-18-38(31)49-39(32)25-29)44(47-41)48-37-24-28-13-4-3-12-27(28)23-35(37)33-22-19-26-11-5-6-14-30(26)42(33)48;1-3-11-26-22-34-31(19-24(26)9-1)32-20-25-10-2-4-12-27(25)23-35(32)45(34)41-39(44-42-40(43-41)30-14-5-7-15-36(30)46-42)28-17-18-38-33(21-28)29-13-6-8-16-37(29)47-38;1-2-11-26-23-34-32(21-25(26)10-1)38-28-12-4-3-9-24(28)17-19-33(38)45(34)41-39(44-42-40(43-41)30-14-6-8-16-36(30)47-42)27-18-20-37-31(22-27)29-13-5-7-15-35(29)46-37/h3-25H,1-2H3;2*1-23H. The molecule has 0 atom stereocenters. The highest BCUT2D eigenvalue weighted by Crippen LogP contribution is 2.53. The van der Waals surface area contributed by atoms with E-state index < -0.39 is 0 Å². The van der Waals surface area contributed by atoms with Gasteiger partial charge in [0, 0.05) is 141 Å². The molecule has 33 rings (SSSR count). The molecule has 0 fully saturated rings. The molecule has 0 unspecified atom stereocenters. The zero-order valence-electron chi connectivity index (χ0n) is 76.9. The molecule has 0 radical (unpaired) electrons. The van der Waals surface area contributed by atoms with Crippen molar-refractivity contribution >= 4 is 279 Å². The molecule has 21 aromatic carbocycles. The van der Waals surface area contributed by atoms with E-state index in [-0.39, 0.29) is 5.41 Å². The fourth-order valence-corrected chi connectivity index (χ4v) is 27.4. The Morgan fingerprint density at radius 2 is 0.622 bits per heavy atom. The largest absolute Gasteiger partial charge is 0.436 e. The Bertz CT molecular complexity index is 10900. The van der Waals surface area contributed by atoms with Gasteiger partial charge in [-0.1, -0.05) is 311 Å². The predicted octanol–water partition coefficient (Wildman–Crippen LogP) is 36.3. The normalized spacial score (nSPS) is 12.7. The number of aromatic nitrogens is 9. The van der Waals surface area contributed by atoms with Crippen LogP contribution in [-0.4, -0.2) is 43.6 Å². The van der Waals surface area contributed by atoms with Crippen LogP contribution >= 0.6 is 45.3 Å². The quantitative estimate of drug-likeness (QED) is 0.163. The topological polar surface area (TPSA) is 105 Å². The summed E-state index contributed by atoms with van der Waals surface area (Å²) in [4.78, 5) is 34.2. The van der Waals surface area contributed by atoms with Gasteiger partial charge in [-0.15, -0.1) is 45.3 Å². The van der Waals surface area contributed by atoms with E-state index in [1.807, 2.05) is 52.2 Å². The molecule has 14 heteroatoms. The van der Waals surface area contributed by atoms with Crippen molar-refractivity contribution in [3.05, 3.63) is 430 Å². The number of furan rings is 1. The van der Waals surface area contributed by atoms with Gasteiger partial charge in [0.15, 0.2) is 17.5 Å². The first-order valence-corrected chi connectivity index (χ1v) is 51.6. The summed E-state index contributed by atoms with van der Waals surface area (Å²) in [7, 11) is 0. The number of rotatable bonds is 6. The van der Waals surface area contributed by atoms with Gasteiger partial charge in [-0.05, 0) is 186 Å². The zero-order valence-corrected chi connectivity index (χ0v) is 80.2. The van der Waals surface area contributed by atoms with E-state index in [1.54, 1.807) is 11.3 Å². The molecule has 0 bridgehead atoms. The maximum absolute atomic E-state index is 6.34. The van der Waals surface area contributed by atoms with Gasteiger partial charge in [0.1, 0.15) is 38.5 Å². The molecule has 1 aliphatic carbocycles. The van der Waals surface area contributed by atoms with Crippen molar-refractivity contribution in [2.75, 3.05) is 0 Å². The van der Waals surface area contributed by atoms with Crippen molar-refractivity contribution in [1.82, 2.24) is 43.6 Å². The van der Waals surface area contributed by atoms with Crippen LogP contribution in [0.15, 0.2) is 423 Å². The van der Waals surface area contributed by atoms with Crippen LogP contribution in [0.1, 0.15) is 25.1 Å². The molecule has 32 aromatic rings. The third kappa shape index (κ3) is 12.2. The van der Waals surface area contributed by atoms with Crippen LogP contribution in [0, 0.1) is 0 Å². The Morgan fingerprint density at radius 1 is 0.231 bits per heavy atom. The molecule has 11 heterocycles. The molecule has 0 saturated carbocycles. The molecule has 10 nitrogen and oxygen atoms in total. The number of thiophene rings is 4. The first-order valence-electron chi connectivity index (χ1n) is 48.3. The summed E-state index contributed by atoms with van der Waals surface area (Å²) in [5, 5.41) is 31.5. The van der Waals surface area contributed by atoms with Crippen LogP contribution in [-0.2, 0) is 5.41 Å². The second-order valence-corrected chi connectivity index (χ2v) is 42.5. The molecule has 0 saturated heterocycles. The van der Waals surface area contributed by atoms with Crippen LogP contribution in [0.4, 0.5) is 0 Å². The lowest BCUT2D eigenvalue weighted by Gasteiger charge is -2.21. The lowest BCUT2D eigenvalue weighted by Crippen LogP contribution is -2.18. The smallest absolute Gasteiger partial charge is 0.247 e. The summed E-state index contributed by atoms with van der Waals surface area (Å²) in [6.45, 7) is 4.57. The number of benzene rings is 21. The molecular weight excluding hydrogens is 1820 g/mol. The highest BCUT2D eigenvalue weighted by Gasteiger charge is 2.40. The van der Waals surface area contributed by atoms with Gasteiger partial charge in [-0.2, -0.15) is 0 Å². The van der Waals surface area contributed by atoms with Crippen molar-refractivity contribution in [2.24, 2.45) is 0 Å². The second kappa shape index (κ2) is 30.8. The highest BCUT2D eigenvalue weighted by atomic mass is 32.1. The summed E-state index contributed by atoms with van der Waals surface area (Å²) in [5.41, 5.74) is 19.7. The Labute approximate surface area is 831 Å². The fraction of sp³-hybridized carbons (Fsp3) is 0.0233. The van der Waals surface area contributed by atoms with Crippen LogP contribution in [0.2, 0.25) is 0 Å². The van der Waals surface area contributed by atoms with E-state index in [9.17, 15) is 0 Å². The molecular formula is C129H75N9OS4. The van der Waals surface area contributed by atoms with Crippen molar-refractivity contribution in [2.45, 2.75) is 19.3 Å². The number of hydrogen-bond acceptors (Lipinski definition) is 11. The Balaban J connectivity index is 0.0000000981. The zero-order chi connectivity index (χ0) is 93.7. The Kier molecular flexibility index (Phi) is 17.3. The molecule has 666 valence electrons. The van der Waals surface area contributed by atoms with E-state index >= 15 is 0 Å². The first-order chi connectivity index (χ1) is 70.6. The van der Waals surface area contributed by atoms with Crippen molar-refractivity contribution in [3.8, 4) is 62.5 Å². The number of hydrogen-bond donors (Lipinski definition) is 0. The highest BCUT2D eigenvalue weighted by molar-refractivity contribution is 7.27. The lowest BCUT2D eigenvalue weighted by molar-refractivity contribution is 0.635. The summed E-state index contributed by atoms with van der Waals surface area (Å²) < 4.78 is 22.3. The minimum Gasteiger partial charge on any atom is -0.436 e. The van der Waals surface area contributed by atoms with Gasteiger partial charge < -0.3 is 4.42 Å². The van der Waals surface area contributed by atoms with Gasteiger partial charge in [-0.3, -0.25) is 13.7 Å². The van der Waals surface area contributed by atoms with Crippen molar-refractivity contribution in [1.29, 1.82) is 0 Å². The summed E-state index contributed by atoms with van der Waals surface area (Å²) in [5.74, 6) is 2.50. The lowest BCUT2D eigenvalue weighted by atomic mass is 9.85. The second-order valence-electron chi connectivity index (χ2n) is 38.2. The average Bonchev–Trinajstić information content (AvgIpc) is 1.56. The summed E-state index contributed by atoms with van der Waals surface area (Å²) in [6.07, 6.45) is 0. The molecule has 11 aromatic heterocycles. The van der Waals surface area contributed by atoms with Crippen molar-refractivity contribution < 1.29 is 4.42 Å². The van der Waals surface area contributed by atoms with Gasteiger partial charge in [-0.25, -0.2) is 29.9 Å². The number of fused-ring (bicyclic) bond motifs is 35. The minimum atomic E-state index is -0.280. The van der Waals surface area contributed by atoms with Crippen LogP contribution in [0.3, 0.4) is 0 Å². The van der Waals surface area contributed by atoms with Gasteiger partial charge in [0.25, 0.3) is 0 Å². The van der Waals surface area contributed by atoms with Crippen LogP contribution < -0.4 is 0 Å². The first kappa shape index (κ1) is 80.4. The summed E-state index contributed by atoms with van der Waals surface area (Å²) >= 11 is 7.22. The number of para-hydroxylation sites is 1. The van der Waals surface area contributed by atoms with E-state index in [4.69, 9.17) is 34.3 Å². The maximum Gasteiger partial charge on any atom is 0.247 e. The number of nitrogens with zero attached hydrogens (tertiary/aromatic N) is 9. The molecule has 0 spiro atoms. The molecule has 0 aliphatic heterocycles. The van der Waals surface area contributed by atoms with E-state index in [0.29, 0.717) is 5.71 Å². The predicted molar refractivity (Wildman–Crippen MR) is 607 cm³/mol. The molecule has 0 N–H and O–H groups in total. The van der Waals surface area contributed by atoms with Crippen LogP contribution in [0.25, 0.3) is 296 Å². The van der Waals surface area contributed by atoms with Gasteiger partial charge in [0.05, 0.1) is 44.5 Å². The molecule has 143 heavy (non-hydrogen) atoms. The van der Waals surface area contributed by atoms with E-state index in [1.165, 1.54) is 173 Å². The van der Waals surface area contributed by atoms with E-state index in [0.717, 1.165) is 128 Å². The minimum absolute atomic E-state index is 0.280. The van der Waals surface area contributed by atoms with Gasteiger partial charge >= 0.3 is 0 Å². The SMILES string of the molecule is CC1(C)c2ccccc2-c2nc(-n3c4cc5ccccc5cc4c4ccc5ccccc5c43)c(-c3ccc4c(c3)sc3ccccc34)nc21.c1ccc2cc3c(cc2c1)c1c2ccccc2ccc1n3-c1nc2c(nc1-c1ccc3sc4ccccc4c3c1)sc1ccccc12.c1ccc2cc3c(cc2c1)c1cc2ccccc2cc1n3-c1nc2c(nc1-c1ccc3sc4ccccc4c3c1)oc1ccccc12. The Hall–Kier alpha value is -17.5. The monoisotopic (exact) mass is 1890 g/mol. The maximum atomic E-state index is 6.34. The van der Waals surface area contributed by atoms with Crippen LogP contribution in [0.5, 0.6) is 0 Å². The third-order valence-electron chi connectivity index (χ3n) is 29.8. The Morgan fingerprint density at radius 3 is 1.22 bits per heavy atom. The average molecular weight is 1900 g/mol. The fourth-order valence-electron chi connectivity index (χ4n) is 23.1. The third-order valence-corrected chi connectivity index (χ3v) is 34.3. The van der Waals surface area contributed by atoms with E-state index in [2.05, 4.69) is 428 Å². The van der Waals surface area contributed by atoms with Crippen molar-refractivity contribution in [3.63, 3.8) is 0 Å². The van der Waals surface area contributed by atoms with Gasteiger partial charge in [0.2, 0.25) is 5.71 Å². The molecule has 0 amide bonds. The summed E-state index contributed by atoms with van der Waals surface area (Å²) in [6, 6.07) is 151. The molecule has 1 aliphatic rings.